The molecule has 1 unspecified atom stereocenters. The van der Waals surface area contributed by atoms with Crippen molar-refractivity contribution in [3.63, 3.8) is 0 Å². The van der Waals surface area contributed by atoms with E-state index in [1.807, 2.05) is 6.92 Å². The Morgan fingerprint density at radius 2 is 2.15 bits per heavy atom. The van der Waals surface area contributed by atoms with Crippen LogP contribution in [0.25, 0.3) is 0 Å². The van der Waals surface area contributed by atoms with Gasteiger partial charge in [0.1, 0.15) is 4.47 Å². The monoisotopic (exact) mass is 345 g/mol. The van der Waals surface area contributed by atoms with Crippen molar-refractivity contribution in [3.8, 4) is 0 Å². The zero-order valence-corrected chi connectivity index (χ0v) is 14.0. The van der Waals surface area contributed by atoms with E-state index in [0.29, 0.717) is 22.9 Å². The number of aliphatic hydroxyl groups excluding tert-OH is 1. The maximum Gasteiger partial charge on any atom is 0.283 e. The molecule has 114 valence electrons. The lowest BCUT2D eigenvalue weighted by Crippen LogP contribution is -2.26. The summed E-state index contributed by atoms with van der Waals surface area (Å²) in [5, 5.41) is 16.3. The van der Waals surface area contributed by atoms with Crippen LogP contribution < -0.4 is 10.9 Å². The standard InChI is InChI=1S/C14H24BrN3O2/c1-10(2)8-18-14(20)13(15)12(7-17-18)16-6-4-5-11(3)9-19/h7,10-11,16,19H,4-6,8-9H2,1-3H3. The second kappa shape index (κ2) is 8.42. The third-order valence-corrected chi connectivity index (χ3v) is 3.79. The molecule has 0 aliphatic carbocycles. The topological polar surface area (TPSA) is 67.2 Å². The van der Waals surface area contributed by atoms with Gasteiger partial charge in [0.15, 0.2) is 0 Å². The second-order valence-corrected chi connectivity index (χ2v) is 6.40. The molecule has 1 atom stereocenters. The number of rotatable bonds is 8. The lowest BCUT2D eigenvalue weighted by Gasteiger charge is -2.12. The van der Waals surface area contributed by atoms with Crippen molar-refractivity contribution >= 4 is 21.6 Å². The molecule has 0 saturated heterocycles. The highest BCUT2D eigenvalue weighted by Gasteiger charge is 2.09. The maximum atomic E-state index is 12.1. The summed E-state index contributed by atoms with van der Waals surface area (Å²) in [7, 11) is 0. The van der Waals surface area contributed by atoms with Gasteiger partial charge in [-0.25, -0.2) is 4.68 Å². The summed E-state index contributed by atoms with van der Waals surface area (Å²) >= 11 is 3.34. The van der Waals surface area contributed by atoms with Gasteiger partial charge in [0.05, 0.1) is 11.9 Å². The summed E-state index contributed by atoms with van der Waals surface area (Å²) < 4.78 is 2.01. The Balaban J connectivity index is 2.60. The molecule has 0 aliphatic heterocycles. The number of aromatic nitrogens is 2. The highest BCUT2D eigenvalue weighted by Crippen LogP contribution is 2.16. The van der Waals surface area contributed by atoms with Crippen molar-refractivity contribution in [2.24, 2.45) is 11.8 Å². The Labute approximate surface area is 128 Å². The van der Waals surface area contributed by atoms with Crippen LogP contribution in [0.3, 0.4) is 0 Å². The first-order valence-corrected chi connectivity index (χ1v) is 7.85. The van der Waals surface area contributed by atoms with Gasteiger partial charge < -0.3 is 10.4 Å². The van der Waals surface area contributed by atoms with Crippen LogP contribution in [0.1, 0.15) is 33.6 Å². The Kier molecular flexibility index (Phi) is 7.23. The summed E-state index contributed by atoms with van der Waals surface area (Å²) in [4.78, 5) is 12.1. The minimum atomic E-state index is -0.104. The highest BCUT2D eigenvalue weighted by atomic mass is 79.9. The van der Waals surface area contributed by atoms with E-state index in [-0.39, 0.29) is 12.2 Å². The van der Waals surface area contributed by atoms with E-state index < -0.39 is 0 Å². The van der Waals surface area contributed by atoms with Crippen LogP contribution in [0.2, 0.25) is 0 Å². The first kappa shape index (κ1) is 17.2. The lowest BCUT2D eigenvalue weighted by molar-refractivity contribution is 0.229. The van der Waals surface area contributed by atoms with E-state index in [9.17, 15) is 4.79 Å². The van der Waals surface area contributed by atoms with E-state index in [1.54, 1.807) is 6.20 Å². The largest absolute Gasteiger partial charge is 0.396 e. The number of halogens is 1. The lowest BCUT2D eigenvalue weighted by atomic mass is 10.1. The quantitative estimate of drug-likeness (QED) is 0.710. The molecule has 0 bridgehead atoms. The fraction of sp³-hybridized carbons (Fsp3) is 0.714. The highest BCUT2D eigenvalue weighted by molar-refractivity contribution is 9.10. The predicted molar refractivity (Wildman–Crippen MR) is 85.0 cm³/mol. The van der Waals surface area contributed by atoms with E-state index in [2.05, 4.69) is 40.2 Å². The van der Waals surface area contributed by atoms with Gasteiger partial charge in [-0.2, -0.15) is 5.10 Å². The number of aliphatic hydroxyl groups is 1. The van der Waals surface area contributed by atoms with Crippen molar-refractivity contribution in [2.75, 3.05) is 18.5 Å². The van der Waals surface area contributed by atoms with Gasteiger partial charge in [-0.15, -0.1) is 0 Å². The van der Waals surface area contributed by atoms with Crippen LogP contribution in [0, 0.1) is 11.8 Å². The molecule has 1 aromatic heterocycles. The second-order valence-electron chi connectivity index (χ2n) is 5.61. The van der Waals surface area contributed by atoms with Crippen LogP contribution in [-0.4, -0.2) is 28.0 Å². The molecule has 0 amide bonds. The van der Waals surface area contributed by atoms with Crippen molar-refractivity contribution in [1.29, 1.82) is 0 Å². The summed E-state index contributed by atoms with van der Waals surface area (Å²) in [5.74, 6) is 0.697. The van der Waals surface area contributed by atoms with Crippen molar-refractivity contribution in [1.82, 2.24) is 9.78 Å². The molecule has 0 saturated carbocycles. The first-order valence-electron chi connectivity index (χ1n) is 7.06. The third-order valence-electron chi connectivity index (χ3n) is 3.02. The predicted octanol–water partition coefficient (Wildman–Crippen LogP) is 2.48. The van der Waals surface area contributed by atoms with Gasteiger partial charge >= 0.3 is 0 Å². The van der Waals surface area contributed by atoms with Crippen LogP contribution in [0.15, 0.2) is 15.5 Å². The fourth-order valence-electron chi connectivity index (χ4n) is 1.83. The number of anilines is 1. The van der Waals surface area contributed by atoms with E-state index in [0.717, 1.165) is 25.1 Å². The molecular weight excluding hydrogens is 322 g/mol. The molecule has 0 aromatic carbocycles. The van der Waals surface area contributed by atoms with Crippen LogP contribution in [-0.2, 0) is 6.54 Å². The van der Waals surface area contributed by atoms with Gasteiger partial charge in [0.25, 0.3) is 5.56 Å². The van der Waals surface area contributed by atoms with E-state index >= 15 is 0 Å². The third kappa shape index (κ3) is 5.25. The van der Waals surface area contributed by atoms with Crippen LogP contribution in [0.4, 0.5) is 5.69 Å². The minimum Gasteiger partial charge on any atom is -0.396 e. The molecule has 1 rings (SSSR count). The molecule has 0 aliphatic rings. The molecule has 5 nitrogen and oxygen atoms in total. The molecule has 0 radical (unpaired) electrons. The van der Waals surface area contributed by atoms with Gasteiger partial charge in [-0.3, -0.25) is 4.79 Å². The smallest absolute Gasteiger partial charge is 0.283 e. The van der Waals surface area contributed by atoms with Gasteiger partial charge in [0.2, 0.25) is 0 Å². The summed E-state index contributed by atoms with van der Waals surface area (Å²) in [6.07, 6.45) is 3.59. The molecule has 2 N–H and O–H groups in total. The normalized spacial score (nSPS) is 12.7. The van der Waals surface area contributed by atoms with Crippen molar-refractivity contribution in [2.45, 2.75) is 40.2 Å². The Hall–Kier alpha value is -0.880. The summed E-state index contributed by atoms with van der Waals surface area (Å²) in [6, 6.07) is 0. The molecule has 20 heavy (non-hydrogen) atoms. The zero-order valence-electron chi connectivity index (χ0n) is 12.4. The van der Waals surface area contributed by atoms with E-state index in [1.165, 1.54) is 4.68 Å². The molecule has 1 heterocycles. The SMILES string of the molecule is CC(C)Cn1ncc(NCCCC(C)CO)c(Br)c1=O. The molecule has 6 heteroatoms. The number of nitrogens with one attached hydrogen (secondary N) is 1. The molecule has 0 fully saturated rings. The Bertz CT molecular complexity index is 474. The Morgan fingerprint density at radius 3 is 2.75 bits per heavy atom. The fourth-order valence-corrected chi connectivity index (χ4v) is 2.28. The minimum absolute atomic E-state index is 0.104. The first-order chi connectivity index (χ1) is 9.45. The van der Waals surface area contributed by atoms with Gasteiger partial charge in [0, 0.05) is 19.7 Å². The number of hydrogen-bond acceptors (Lipinski definition) is 4. The van der Waals surface area contributed by atoms with Crippen LogP contribution >= 0.6 is 15.9 Å². The average molecular weight is 346 g/mol. The molecular formula is C14H24BrN3O2. The van der Waals surface area contributed by atoms with Crippen molar-refractivity contribution in [3.05, 3.63) is 21.0 Å². The van der Waals surface area contributed by atoms with Gasteiger partial charge in [-0.1, -0.05) is 20.8 Å². The number of hydrogen-bond donors (Lipinski definition) is 2. The molecule has 1 aromatic rings. The number of nitrogens with zero attached hydrogens (tertiary/aromatic N) is 2. The van der Waals surface area contributed by atoms with Crippen LogP contribution in [0.5, 0.6) is 0 Å². The maximum absolute atomic E-state index is 12.1. The summed E-state index contributed by atoms with van der Waals surface area (Å²) in [6.45, 7) is 7.72. The van der Waals surface area contributed by atoms with Gasteiger partial charge in [-0.05, 0) is 40.6 Å². The zero-order chi connectivity index (χ0) is 15.1. The Morgan fingerprint density at radius 1 is 1.45 bits per heavy atom. The van der Waals surface area contributed by atoms with Crippen molar-refractivity contribution < 1.29 is 5.11 Å². The molecule has 0 spiro atoms. The van der Waals surface area contributed by atoms with E-state index in [4.69, 9.17) is 5.11 Å². The summed E-state index contributed by atoms with van der Waals surface area (Å²) in [5.41, 5.74) is 0.624. The average Bonchev–Trinajstić information content (AvgIpc) is 2.41.